The third kappa shape index (κ3) is 3.94. The number of nitrogens with zero attached hydrogens (tertiary/aromatic N) is 2. The van der Waals surface area contributed by atoms with Gasteiger partial charge in [0, 0.05) is 23.2 Å². The zero-order valence-corrected chi connectivity index (χ0v) is 14.4. The Kier molecular flexibility index (Phi) is 5.07. The minimum atomic E-state index is -0.763. The summed E-state index contributed by atoms with van der Waals surface area (Å²) in [5.74, 6) is -1.09. The highest BCUT2D eigenvalue weighted by atomic mass is 16.5. The topological polar surface area (TPSA) is 93.2 Å². The molecule has 0 saturated heterocycles. The van der Waals surface area contributed by atoms with Crippen molar-refractivity contribution < 1.29 is 14.3 Å². The first-order valence-corrected chi connectivity index (χ1v) is 8.01. The highest BCUT2D eigenvalue weighted by molar-refractivity contribution is 6.39. The van der Waals surface area contributed by atoms with Gasteiger partial charge in [0.2, 0.25) is 5.88 Å². The molecule has 7 nitrogen and oxygen atoms in total. The minimum Gasteiger partial charge on any atom is -0.481 e. The molecular formula is C19H18N4O3. The van der Waals surface area contributed by atoms with E-state index in [0.29, 0.717) is 17.1 Å². The first kappa shape index (κ1) is 17.3. The summed E-state index contributed by atoms with van der Waals surface area (Å²) in [6.07, 6.45) is 1.51. The van der Waals surface area contributed by atoms with Gasteiger partial charge in [-0.2, -0.15) is 0 Å². The third-order valence-electron chi connectivity index (χ3n) is 3.77. The van der Waals surface area contributed by atoms with Gasteiger partial charge in [-0.1, -0.05) is 24.3 Å². The molecule has 0 fully saturated rings. The summed E-state index contributed by atoms with van der Waals surface area (Å²) in [5.41, 5.74) is 2.76. The lowest BCUT2D eigenvalue weighted by molar-refractivity contribution is -0.136. The zero-order chi connectivity index (χ0) is 18.5. The van der Waals surface area contributed by atoms with Gasteiger partial charge in [-0.05, 0) is 25.1 Å². The standard InChI is InChI=1S/C19H18N4O3/c1-12-7-8-14(19(22-12)26-2)10-21-17(24)18(25)23-15-9-13-5-3-4-6-16(13)20-11-15/h3-9,11H,10H2,1-2H3,(H,21,24)(H,23,25). The van der Waals surface area contributed by atoms with Crippen LogP contribution >= 0.6 is 0 Å². The van der Waals surface area contributed by atoms with Crippen LogP contribution in [0.25, 0.3) is 10.9 Å². The first-order chi connectivity index (χ1) is 12.6. The van der Waals surface area contributed by atoms with Gasteiger partial charge in [0.1, 0.15) is 0 Å². The number of para-hydroxylation sites is 1. The van der Waals surface area contributed by atoms with E-state index < -0.39 is 11.8 Å². The van der Waals surface area contributed by atoms with E-state index in [0.717, 1.165) is 16.6 Å². The Balaban J connectivity index is 1.63. The van der Waals surface area contributed by atoms with Crippen molar-refractivity contribution in [3.8, 4) is 5.88 Å². The average Bonchev–Trinajstić information content (AvgIpc) is 2.66. The number of hydrogen-bond donors (Lipinski definition) is 2. The Bertz CT molecular complexity index is 972. The molecule has 0 saturated carbocycles. The van der Waals surface area contributed by atoms with Gasteiger partial charge in [0.15, 0.2) is 0 Å². The van der Waals surface area contributed by atoms with Gasteiger partial charge in [0.25, 0.3) is 0 Å². The minimum absolute atomic E-state index is 0.138. The lowest BCUT2D eigenvalue weighted by Crippen LogP contribution is -2.35. The van der Waals surface area contributed by atoms with Crippen LogP contribution in [0.5, 0.6) is 5.88 Å². The van der Waals surface area contributed by atoms with Crippen LogP contribution in [-0.4, -0.2) is 28.9 Å². The molecule has 2 heterocycles. The molecule has 7 heteroatoms. The lowest BCUT2D eigenvalue weighted by Gasteiger charge is -2.10. The maximum atomic E-state index is 12.1. The number of ether oxygens (including phenoxy) is 1. The molecule has 0 unspecified atom stereocenters. The summed E-state index contributed by atoms with van der Waals surface area (Å²) in [6.45, 7) is 1.98. The SMILES string of the molecule is COc1nc(C)ccc1CNC(=O)C(=O)Nc1cnc2ccccc2c1. The van der Waals surface area contributed by atoms with Gasteiger partial charge in [-0.25, -0.2) is 4.98 Å². The smallest absolute Gasteiger partial charge is 0.313 e. The van der Waals surface area contributed by atoms with Crippen LogP contribution in [-0.2, 0) is 16.1 Å². The van der Waals surface area contributed by atoms with Crippen molar-refractivity contribution in [1.82, 2.24) is 15.3 Å². The second kappa shape index (κ2) is 7.60. The summed E-state index contributed by atoms with van der Waals surface area (Å²) in [7, 11) is 1.51. The van der Waals surface area contributed by atoms with E-state index in [1.54, 1.807) is 12.1 Å². The normalized spacial score (nSPS) is 10.4. The number of amides is 2. The fraction of sp³-hybridized carbons (Fsp3) is 0.158. The van der Waals surface area contributed by atoms with Crippen LogP contribution in [0.4, 0.5) is 5.69 Å². The van der Waals surface area contributed by atoms with Crippen LogP contribution in [0.15, 0.2) is 48.7 Å². The first-order valence-electron chi connectivity index (χ1n) is 8.01. The number of aromatic nitrogens is 2. The molecule has 2 aromatic heterocycles. The maximum absolute atomic E-state index is 12.1. The van der Waals surface area contributed by atoms with Gasteiger partial charge in [0.05, 0.1) is 24.5 Å². The highest BCUT2D eigenvalue weighted by Gasteiger charge is 2.15. The van der Waals surface area contributed by atoms with Crippen LogP contribution < -0.4 is 15.4 Å². The van der Waals surface area contributed by atoms with Crippen LogP contribution in [0, 0.1) is 6.92 Å². The van der Waals surface area contributed by atoms with Crippen LogP contribution in [0.1, 0.15) is 11.3 Å². The van der Waals surface area contributed by atoms with E-state index in [9.17, 15) is 9.59 Å². The molecule has 3 rings (SSSR count). The predicted octanol–water partition coefficient (Wildman–Crippen LogP) is 2.20. The van der Waals surface area contributed by atoms with Crippen molar-refractivity contribution >= 4 is 28.4 Å². The number of hydrogen-bond acceptors (Lipinski definition) is 5. The Morgan fingerprint density at radius 3 is 2.73 bits per heavy atom. The number of carbonyl (C=O) groups is 2. The number of nitrogens with one attached hydrogen (secondary N) is 2. The van der Waals surface area contributed by atoms with Crippen molar-refractivity contribution in [2.45, 2.75) is 13.5 Å². The molecule has 1 aromatic carbocycles. The number of pyridine rings is 2. The molecule has 2 amide bonds. The van der Waals surface area contributed by atoms with Crippen molar-refractivity contribution in [3.63, 3.8) is 0 Å². The van der Waals surface area contributed by atoms with Crippen molar-refractivity contribution in [1.29, 1.82) is 0 Å². The van der Waals surface area contributed by atoms with Crippen LogP contribution in [0.3, 0.4) is 0 Å². The summed E-state index contributed by atoms with van der Waals surface area (Å²) in [5, 5.41) is 5.98. The van der Waals surface area contributed by atoms with Gasteiger partial charge < -0.3 is 15.4 Å². The molecule has 0 atom stereocenters. The molecule has 132 valence electrons. The number of benzene rings is 1. The van der Waals surface area contributed by atoms with E-state index >= 15 is 0 Å². The molecule has 0 aliphatic heterocycles. The molecule has 26 heavy (non-hydrogen) atoms. The van der Waals surface area contributed by atoms with Gasteiger partial charge in [-0.3, -0.25) is 14.6 Å². The van der Waals surface area contributed by atoms with Gasteiger partial charge in [-0.15, -0.1) is 0 Å². The van der Waals surface area contributed by atoms with E-state index in [2.05, 4.69) is 20.6 Å². The summed E-state index contributed by atoms with van der Waals surface area (Å²) in [6, 6.07) is 12.9. The molecule has 2 N–H and O–H groups in total. The van der Waals surface area contributed by atoms with Crippen molar-refractivity contribution in [2.75, 3.05) is 12.4 Å². The Labute approximate surface area is 150 Å². The number of anilines is 1. The third-order valence-corrected chi connectivity index (χ3v) is 3.77. The summed E-state index contributed by atoms with van der Waals surface area (Å²) < 4.78 is 5.18. The van der Waals surface area contributed by atoms with Crippen molar-refractivity contribution in [3.05, 3.63) is 59.9 Å². The monoisotopic (exact) mass is 350 g/mol. The average molecular weight is 350 g/mol. The Morgan fingerprint density at radius 2 is 1.92 bits per heavy atom. The van der Waals surface area contributed by atoms with E-state index in [-0.39, 0.29) is 6.54 Å². The largest absolute Gasteiger partial charge is 0.481 e. The van der Waals surface area contributed by atoms with E-state index in [1.807, 2.05) is 37.3 Å². The number of carbonyl (C=O) groups excluding carboxylic acids is 2. The molecule has 0 spiro atoms. The fourth-order valence-electron chi connectivity index (χ4n) is 2.46. The Morgan fingerprint density at radius 1 is 1.12 bits per heavy atom. The molecule has 3 aromatic rings. The Hall–Kier alpha value is -3.48. The maximum Gasteiger partial charge on any atom is 0.313 e. The molecular weight excluding hydrogens is 332 g/mol. The number of methoxy groups -OCH3 is 1. The van der Waals surface area contributed by atoms with E-state index in [1.165, 1.54) is 13.3 Å². The summed E-state index contributed by atoms with van der Waals surface area (Å²) in [4.78, 5) is 32.6. The predicted molar refractivity (Wildman–Crippen MR) is 97.7 cm³/mol. The number of fused-ring (bicyclic) bond motifs is 1. The molecule has 0 aliphatic carbocycles. The highest BCUT2D eigenvalue weighted by Crippen LogP contribution is 2.17. The summed E-state index contributed by atoms with van der Waals surface area (Å²) >= 11 is 0. The molecule has 0 bridgehead atoms. The lowest BCUT2D eigenvalue weighted by atomic mass is 10.2. The van der Waals surface area contributed by atoms with Crippen LogP contribution in [0.2, 0.25) is 0 Å². The van der Waals surface area contributed by atoms with Crippen molar-refractivity contribution in [2.24, 2.45) is 0 Å². The van der Waals surface area contributed by atoms with Gasteiger partial charge >= 0.3 is 11.8 Å². The van der Waals surface area contributed by atoms with E-state index in [4.69, 9.17) is 4.74 Å². The second-order valence-corrected chi connectivity index (χ2v) is 5.67. The quantitative estimate of drug-likeness (QED) is 0.704. The molecule has 0 aliphatic rings. The fourth-order valence-corrected chi connectivity index (χ4v) is 2.46. The second-order valence-electron chi connectivity index (χ2n) is 5.67. The number of rotatable bonds is 4. The molecule has 0 radical (unpaired) electrons. The zero-order valence-electron chi connectivity index (χ0n) is 14.4. The number of aryl methyl sites for hydroxylation is 1.